The zero-order valence-corrected chi connectivity index (χ0v) is 24.5. The van der Waals surface area contributed by atoms with Crippen molar-refractivity contribution >= 4 is 11.9 Å². The topological polar surface area (TPSA) is 97.6 Å². The fourth-order valence-corrected chi connectivity index (χ4v) is 6.08. The van der Waals surface area contributed by atoms with Gasteiger partial charge in [-0.2, -0.15) is 13.2 Å². The number of aryl methyl sites for hydroxylation is 2. The SMILES string of the molecule is Cc1cc2cc(c1F)C(CC(=O)O)NC(=O)C(n1ccc(C(F)(F)F)c(C3CC3)c1=O)c1cc(ccc1F)Oc1cccc(C)c1-2. The molecule has 1 amide bonds. The molecule has 1 aliphatic heterocycles. The number of rotatable bonds is 4. The van der Waals surface area contributed by atoms with E-state index in [1.54, 1.807) is 31.2 Å². The molecule has 0 spiro atoms. The number of hydrogen-bond acceptors (Lipinski definition) is 4. The highest BCUT2D eigenvalue weighted by molar-refractivity contribution is 5.85. The Bertz CT molecular complexity index is 1960. The summed E-state index contributed by atoms with van der Waals surface area (Å²) in [7, 11) is 0. The van der Waals surface area contributed by atoms with Gasteiger partial charge in [0, 0.05) is 28.5 Å². The summed E-state index contributed by atoms with van der Waals surface area (Å²) in [6.45, 7) is 3.26. The molecule has 6 rings (SSSR count). The van der Waals surface area contributed by atoms with Gasteiger partial charge in [-0.25, -0.2) is 8.78 Å². The van der Waals surface area contributed by atoms with Gasteiger partial charge in [-0.1, -0.05) is 12.1 Å². The molecule has 46 heavy (non-hydrogen) atoms. The highest BCUT2D eigenvalue weighted by Crippen LogP contribution is 2.45. The van der Waals surface area contributed by atoms with Crippen molar-refractivity contribution in [2.75, 3.05) is 0 Å². The molecule has 1 aliphatic carbocycles. The predicted molar refractivity (Wildman–Crippen MR) is 157 cm³/mol. The van der Waals surface area contributed by atoms with Crippen LogP contribution in [-0.4, -0.2) is 21.6 Å². The maximum absolute atomic E-state index is 15.8. The molecule has 7 nitrogen and oxygen atoms in total. The Hall–Kier alpha value is -5.00. The molecule has 0 saturated heterocycles. The summed E-state index contributed by atoms with van der Waals surface area (Å²) in [5.41, 5.74) is -1.62. The minimum Gasteiger partial charge on any atom is -0.481 e. The molecule has 2 heterocycles. The summed E-state index contributed by atoms with van der Waals surface area (Å²) in [5.74, 6) is -4.69. The number of pyridine rings is 1. The average Bonchev–Trinajstić information content (AvgIpc) is 3.81. The molecule has 12 heteroatoms. The van der Waals surface area contributed by atoms with Crippen LogP contribution in [0.1, 0.15) is 70.6 Å². The van der Waals surface area contributed by atoms with E-state index in [0.29, 0.717) is 40.2 Å². The van der Waals surface area contributed by atoms with Crippen molar-refractivity contribution < 1.29 is 41.4 Å². The van der Waals surface area contributed by atoms with Crippen molar-refractivity contribution in [1.29, 1.82) is 0 Å². The van der Waals surface area contributed by atoms with E-state index in [0.717, 1.165) is 18.3 Å². The molecule has 4 bridgehead atoms. The lowest BCUT2D eigenvalue weighted by Gasteiger charge is -2.26. The molecule has 2 unspecified atom stereocenters. The van der Waals surface area contributed by atoms with Crippen molar-refractivity contribution in [2.45, 2.75) is 57.3 Å². The number of hydrogen-bond donors (Lipinski definition) is 2. The van der Waals surface area contributed by atoms with E-state index in [9.17, 15) is 32.7 Å². The Labute approximate surface area is 259 Å². The van der Waals surface area contributed by atoms with Crippen LogP contribution in [0.4, 0.5) is 22.0 Å². The normalized spacial score (nSPS) is 17.9. The van der Waals surface area contributed by atoms with Gasteiger partial charge in [0.25, 0.3) is 5.56 Å². The molecule has 238 valence electrons. The van der Waals surface area contributed by atoms with Gasteiger partial charge in [-0.3, -0.25) is 19.0 Å². The lowest BCUT2D eigenvalue weighted by atomic mass is 9.92. The minimum absolute atomic E-state index is 0.0452. The van der Waals surface area contributed by atoms with E-state index in [4.69, 9.17) is 4.74 Å². The third kappa shape index (κ3) is 5.63. The first kappa shape index (κ1) is 31.0. The van der Waals surface area contributed by atoms with Crippen molar-refractivity contribution in [3.63, 3.8) is 0 Å². The predicted octanol–water partition coefficient (Wildman–Crippen LogP) is 7.33. The quantitative estimate of drug-likeness (QED) is 0.228. The third-order valence-electron chi connectivity index (χ3n) is 8.34. The summed E-state index contributed by atoms with van der Waals surface area (Å²) in [5, 5.41) is 12.2. The van der Waals surface area contributed by atoms with Gasteiger partial charge >= 0.3 is 12.1 Å². The van der Waals surface area contributed by atoms with E-state index in [1.807, 2.05) is 0 Å². The molecule has 2 N–H and O–H groups in total. The molecular formula is C34H27F5N2O5. The number of aliphatic carboxylic acids is 1. The summed E-state index contributed by atoms with van der Waals surface area (Å²) in [4.78, 5) is 39.9. The summed E-state index contributed by atoms with van der Waals surface area (Å²) in [6.07, 6.45) is -4.24. The van der Waals surface area contributed by atoms with Crippen LogP contribution in [0.5, 0.6) is 11.5 Å². The first-order valence-electron chi connectivity index (χ1n) is 14.5. The van der Waals surface area contributed by atoms with E-state index in [1.165, 1.54) is 19.1 Å². The Kier molecular flexibility index (Phi) is 7.69. The van der Waals surface area contributed by atoms with E-state index in [-0.39, 0.29) is 22.6 Å². The number of nitrogens with one attached hydrogen (secondary N) is 1. The first-order valence-corrected chi connectivity index (χ1v) is 14.5. The average molecular weight is 639 g/mol. The number of fused-ring (bicyclic) bond motifs is 6. The highest BCUT2D eigenvalue weighted by atomic mass is 19.4. The first-order chi connectivity index (χ1) is 21.7. The number of aromatic nitrogens is 1. The van der Waals surface area contributed by atoms with Crippen LogP contribution >= 0.6 is 0 Å². The van der Waals surface area contributed by atoms with Crippen LogP contribution in [0.2, 0.25) is 0 Å². The van der Waals surface area contributed by atoms with E-state index >= 15 is 8.78 Å². The minimum atomic E-state index is -4.86. The van der Waals surface area contributed by atoms with Crippen LogP contribution in [0.3, 0.4) is 0 Å². The fourth-order valence-electron chi connectivity index (χ4n) is 6.08. The largest absolute Gasteiger partial charge is 0.481 e. The second-order valence-electron chi connectivity index (χ2n) is 11.6. The second-order valence-corrected chi connectivity index (χ2v) is 11.6. The lowest BCUT2D eigenvalue weighted by molar-refractivity contribution is -0.139. The van der Waals surface area contributed by atoms with Gasteiger partial charge in [-0.05, 0) is 91.8 Å². The smallest absolute Gasteiger partial charge is 0.416 e. The maximum atomic E-state index is 15.8. The molecule has 1 fully saturated rings. The Morgan fingerprint density at radius 3 is 2.41 bits per heavy atom. The zero-order chi connectivity index (χ0) is 33.1. The number of halogens is 5. The Balaban J connectivity index is 1.64. The zero-order valence-electron chi connectivity index (χ0n) is 24.5. The molecule has 3 aromatic carbocycles. The van der Waals surface area contributed by atoms with Gasteiger partial charge in [-0.15, -0.1) is 0 Å². The number of amides is 1. The molecule has 2 atom stereocenters. The van der Waals surface area contributed by atoms with E-state index in [2.05, 4.69) is 5.32 Å². The van der Waals surface area contributed by atoms with Crippen LogP contribution in [-0.2, 0) is 15.8 Å². The summed E-state index contributed by atoms with van der Waals surface area (Å²) in [6, 6.07) is 8.75. The number of benzene rings is 3. The maximum Gasteiger partial charge on any atom is 0.416 e. The number of nitrogens with zero attached hydrogens (tertiary/aromatic N) is 1. The van der Waals surface area contributed by atoms with Gasteiger partial charge in [0.2, 0.25) is 5.91 Å². The number of alkyl halides is 3. The molecular weight excluding hydrogens is 611 g/mol. The lowest BCUT2D eigenvalue weighted by Crippen LogP contribution is -2.41. The van der Waals surface area contributed by atoms with Gasteiger partial charge in [0.05, 0.1) is 18.0 Å². The number of carboxylic acid groups (broad SMARTS) is 1. The van der Waals surface area contributed by atoms with Crippen molar-refractivity contribution in [2.24, 2.45) is 0 Å². The summed E-state index contributed by atoms with van der Waals surface area (Å²) < 4.78 is 80.2. The van der Waals surface area contributed by atoms with Gasteiger partial charge in [0.1, 0.15) is 29.2 Å². The monoisotopic (exact) mass is 638 g/mol. The summed E-state index contributed by atoms with van der Waals surface area (Å²) >= 11 is 0. The third-order valence-corrected chi connectivity index (χ3v) is 8.34. The van der Waals surface area contributed by atoms with Crippen molar-refractivity contribution in [1.82, 2.24) is 9.88 Å². The Morgan fingerprint density at radius 1 is 1.00 bits per heavy atom. The van der Waals surface area contributed by atoms with E-state index < -0.39 is 76.4 Å². The Morgan fingerprint density at radius 2 is 1.74 bits per heavy atom. The number of carbonyl (C=O) groups is 2. The molecule has 2 aliphatic rings. The number of carboxylic acids is 1. The second kappa shape index (κ2) is 11.4. The van der Waals surface area contributed by atoms with Crippen LogP contribution in [0, 0.1) is 25.5 Å². The highest BCUT2D eigenvalue weighted by Gasteiger charge is 2.42. The standard InChI is InChI=1S/C34H27F5N2O5/c1-16-4-3-5-26-28(16)19-12-17(2)30(36)22(13-19)25(15-27(42)43)40-32(44)31(21-14-20(46-26)8-9-24(21)35)41-11-10-23(34(37,38)39)29(33(41)45)18-6-7-18/h3-5,8-14,18,25,31H,6-7,15H2,1-2H3,(H,40,44)(H,42,43). The van der Waals surface area contributed by atoms with Crippen LogP contribution < -0.4 is 15.6 Å². The molecule has 4 aromatic rings. The molecule has 1 saturated carbocycles. The van der Waals surface area contributed by atoms with Crippen LogP contribution in [0.25, 0.3) is 11.1 Å². The van der Waals surface area contributed by atoms with Crippen LogP contribution in [0.15, 0.2) is 65.6 Å². The van der Waals surface area contributed by atoms with Gasteiger partial charge < -0.3 is 15.2 Å². The fraction of sp³-hybridized carbons (Fsp3) is 0.265. The number of carbonyl (C=O) groups excluding carboxylic acids is 1. The van der Waals surface area contributed by atoms with Crippen molar-refractivity contribution in [3.05, 3.63) is 116 Å². The molecule has 0 radical (unpaired) electrons. The number of ether oxygens (including phenoxy) is 1. The van der Waals surface area contributed by atoms with Crippen molar-refractivity contribution in [3.8, 4) is 22.6 Å². The van der Waals surface area contributed by atoms with Gasteiger partial charge in [0.15, 0.2) is 0 Å². The molecule has 1 aromatic heterocycles.